The lowest BCUT2D eigenvalue weighted by molar-refractivity contribution is -0.132. The third-order valence-electron chi connectivity index (χ3n) is 3.01. The van der Waals surface area contributed by atoms with Crippen molar-refractivity contribution in [3.63, 3.8) is 0 Å². The van der Waals surface area contributed by atoms with E-state index in [9.17, 15) is 4.79 Å². The van der Waals surface area contributed by atoms with E-state index in [1.165, 1.54) is 0 Å². The van der Waals surface area contributed by atoms with Crippen molar-refractivity contribution in [3.05, 3.63) is 0 Å². The molecule has 0 aromatic rings. The molecule has 0 heterocycles. The molecule has 110 valence electrons. The molecule has 5 heteroatoms. The zero-order chi connectivity index (χ0) is 14.7. The minimum Gasteiger partial charge on any atom is -0.383 e. The molecule has 0 saturated heterocycles. The van der Waals surface area contributed by atoms with E-state index in [2.05, 4.69) is 19.9 Å². The first-order valence-corrected chi connectivity index (χ1v) is 6.88. The fourth-order valence-corrected chi connectivity index (χ4v) is 2.05. The van der Waals surface area contributed by atoms with Gasteiger partial charge in [-0.3, -0.25) is 4.79 Å². The summed E-state index contributed by atoms with van der Waals surface area (Å²) >= 11 is 0. The van der Waals surface area contributed by atoms with Crippen LogP contribution in [0.2, 0.25) is 0 Å². The van der Waals surface area contributed by atoms with Crippen molar-refractivity contribution in [1.82, 2.24) is 4.90 Å². The molecule has 2 N–H and O–H groups in total. The molecular weight excluding hydrogens is 242 g/mol. The van der Waals surface area contributed by atoms with Crippen molar-refractivity contribution in [3.8, 4) is 6.07 Å². The zero-order valence-corrected chi connectivity index (χ0v) is 12.4. The standard InChI is InChI=1S/C14H27N3O2/c1-12(2)9-13(11-16)10-14(18)17(6-4-5-15)7-8-19-3/h12-13H,4,6-11,16H2,1-3H3/t13-/m0/s1. The van der Waals surface area contributed by atoms with Crippen LogP contribution < -0.4 is 5.73 Å². The van der Waals surface area contributed by atoms with Crippen LogP contribution >= 0.6 is 0 Å². The van der Waals surface area contributed by atoms with Gasteiger partial charge in [0.05, 0.1) is 19.1 Å². The van der Waals surface area contributed by atoms with Gasteiger partial charge >= 0.3 is 0 Å². The molecule has 0 aliphatic rings. The smallest absolute Gasteiger partial charge is 0.223 e. The molecule has 0 bridgehead atoms. The number of hydrogen-bond donors (Lipinski definition) is 1. The lowest BCUT2D eigenvalue weighted by atomic mass is 9.94. The number of amides is 1. The van der Waals surface area contributed by atoms with Crippen LogP contribution in [0.15, 0.2) is 0 Å². The molecule has 0 saturated carbocycles. The van der Waals surface area contributed by atoms with Gasteiger partial charge in [-0.1, -0.05) is 13.8 Å². The van der Waals surface area contributed by atoms with Gasteiger partial charge in [0.1, 0.15) is 0 Å². The molecule has 0 radical (unpaired) electrons. The molecule has 0 aliphatic heterocycles. The average molecular weight is 269 g/mol. The average Bonchev–Trinajstić information content (AvgIpc) is 2.37. The number of ether oxygens (including phenoxy) is 1. The molecule has 5 nitrogen and oxygen atoms in total. The molecule has 1 amide bonds. The van der Waals surface area contributed by atoms with Gasteiger partial charge in [0.2, 0.25) is 5.91 Å². The van der Waals surface area contributed by atoms with Gasteiger partial charge in [-0.25, -0.2) is 0 Å². The molecule has 0 unspecified atom stereocenters. The Morgan fingerprint density at radius 1 is 1.42 bits per heavy atom. The van der Waals surface area contributed by atoms with Crippen molar-refractivity contribution in [2.24, 2.45) is 17.6 Å². The Labute approximate surface area is 116 Å². The molecule has 0 aliphatic carbocycles. The van der Waals surface area contributed by atoms with Gasteiger partial charge in [0.25, 0.3) is 0 Å². The Balaban J connectivity index is 4.38. The highest BCUT2D eigenvalue weighted by Gasteiger charge is 2.19. The third-order valence-corrected chi connectivity index (χ3v) is 3.01. The first kappa shape index (κ1) is 17.9. The molecule has 0 fully saturated rings. The Morgan fingerprint density at radius 3 is 2.58 bits per heavy atom. The third kappa shape index (κ3) is 8.57. The number of nitrogens with two attached hydrogens (primary N) is 1. The summed E-state index contributed by atoms with van der Waals surface area (Å²) in [6.45, 7) is 6.29. The van der Waals surface area contributed by atoms with Crippen molar-refractivity contribution in [2.45, 2.75) is 33.1 Å². The second-order valence-electron chi connectivity index (χ2n) is 5.22. The fourth-order valence-electron chi connectivity index (χ4n) is 2.05. The maximum absolute atomic E-state index is 12.2. The van der Waals surface area contributed by atoms with Crippen LogP contribution in [0.4, 0.5) is 0 Å². The van der Waals surface area contributed by atoms with Crippen LogP contribution in [0.1, 0.15) is 33.1 Å². The first-order valence-electron chi connectivity index (χ1n) is 6.88. The maximum Gasteiger partial charge on any atom is 0.223 e. The number of methoxy groups -OCH3 is 1. The summed E-state index contributed by atoms with van der Waals surface area (Å²) in [6.07, 6.45) is 1.77. The number of carbonyl (C=O) groups is 1. The Kier molecular flexibility index (Phi) is 10.1. The quantitative estimate of drug-likeness (QED) is 0.650. The maximum atomic E-state index is 12.2. The zero-order valence-electron chi connectivity index (χ0n) is 12.4. The van der Waals surface area contributed by atoms with Gasteiger partial charge in [-0.15, -0.1) is 0 Å². The van der Waals surface area contributed by atoms with Gasteiger partial charge in [-0.2, -0.15) is 5.26 Å². The summed E-state index contributed by atoms with van der Waals surface area (Å²) in [5, 5.41) is 8.63. The van der Waals surface area contributed by atoms with E-state index in [-0.39, 0.29) is 11.8 Å². The molecule has 0 rings (SSSR count). The largest absolute Gasteiger partial charge is 0.383 e. The Hall–Kier alpha value is -1.12. The van der Waals surface area contributed by atoms with Crippen LogP contribution in [0, 0.1) is 23.2 Å². The van der Waals surface area contributed by atoms with Gasteiger partial charge < -0.3 is 15.4 Å². The van der Waals surface area contributed by atoms with Gasteiger partial charge in [0.15, 0.2) is 0 Å². The second-order valence-corrected chi connectivity index (χ2v) is 5.22. The summed E-state index contributed by atoms with van der Waals surface area (Å²) in [4.78, 5) is 13.9. The van der Waals surface area contributed by atoms with Crippen LogP contribution in [0.5, 0.6) is 0 Å². The van der Waals surface area contributed by atoms with E-state index in [0.29, 0.717) is 45.0 Å². The predicted octanol–water partition coefficient (Wildman–Crippen LogP) is 1.39. The summed E-state index contributed by atoms with van der Waals surface area (Å²) in [5.74, 6) is 0.830. The first-order chi connectivity index (χ1) is 9.04. The molecular formula is C14H27N3O2. The minimum atomic E-state index is 0.0726. The van der Waals surface area contributed by atoms with Gasteiger partial charge in [0, 0.05) is 26.6 Å². The van der Waals surface area contributed by atoms with Crippen LogP contribution in [0.3, 0.4) is 0 Å². The SMILES string of the molecule is COCCN(CCC#N)C(=O)C[C@@H](CN)CC(C)C. The summed E-state index contributed by atoms with van der Waals surface area (Å²) in [5.41, 5.74) is 5.72. The normalized spacial score (nSPS) is 12.2. The highest BCUT2D eigenvalue weighted by molar-refractivity contribution is 5.76. The van der Waals surface area contributed by atoms with Crippen molar-refractivity contribution in [2.75, 3.05) is 33.4 Å². The number of nitrogens with zero attached hydrogens (tertiary/aromatic N) is 2. The van der Waals surface area contributed by atoms with E-state index in [4.69, 9.17) is 15.7 Å². The number of nitriles is 1. The number of rotatable bonds is 10. The van der Waals surface area contributed by atoms with Crippen molar-refractivity contribution < 1.29 is 9.53 Å². The highest BCUT2D eigenvalue weighted by Crippen LogP contribution is 2.15. The number of hydrogen-bond acceptors (Lipinski definition) is 4. The van der Waals surface area contributed by atoms with E-state index < -0.39 is 0 Å². The van der Waals surface area contributed by atoms with Crippen LogP contribution in [0.25, 0.3) is 0 Å². The molecule has 0 aromatic carbocycles. The molecule has 0 spiro atoms. The van der Waals surface area contributed by atoms with E-state index >= 15 is 0 Å². The second kappa shape index (κ2) is 10.8. The topological polar surface area (TPSA) is 79.3 Å². The molecule has 0 aromatic heterocycles. The minimum absolute atomic E-state index is 0.0726. The predicted molar refractivity (Wildman–Crippen MR) is 75.3 cm³/mol. The summed E-state index contributed by atoms with van der Waals surface area (Å²) in [7, 11) is 1.61. The molecule has 19 heavy (non-hydrogen) atoms. The van der Waals surface area contributed by atoms with Gasteiger partial charge in [-0.05, 0) is 24.8 Å². The lowest BCUT2D eigenvalue weighted by Crippen LogP contribution is -2.36. The summed E-state index contributed by atoms with van der Waals surface area (Å²) in [6, 6.07) is 2.07. The Bertz CT molecular complexity index is 287. The molecule has 1 atom stereocenters. The van der Waals surface area contributed by atoms with Crippen molar-refractivity contribution in [1.29, 1.82) is 5.26 Å². The lowest BCUT2D eigenvalue weighted by Gasteiger charge is -2.24. The highest BCUT2D eigenvalue weighted by atomic mass is 16.5. The van der Waals surface area contributed by atoms with Crippen LogP contribution in [-0.4, -0.2) is 44.2 Å². The van der Waals surface area contributed by atoms with Crippen molar-refractivity contribution >= 4 is 5.91 Å². The number of carbonyl (C=O) groups excluding carboxylic acids is 1. The van der Waals surface area contributed by atoms with E-state index in [0.717, 1.165) is 6.42 Å². The summed E-state index contributed by atoms with van der Waals surface area (Å²) < 4.78 is 5.00. The Morgan fingerprint density at radius 2 is 2.11 bits per heavy atom. The van der Waals surface area contributed by atoms with Crippen LogP contribution in [-0.2, 0) is 9.53 Å². The van der Waals surface area contributed by atoms with E-state index in [1.54, 1.807) is 12.0 Å². The van der Waals surface area contributed by atoms with E-state index in [1.807, 2.05) is 0 Å². The fraction of sp³-hybridized carbons (Fsp3) is 0.857. The monoisotopic (exact) mass is 269 g/mol.